The summed E-state index contributed by atoms with van der Waals surface area (Å²) in [5, 5.41) is 2.85. The highest BCUT2D eigenvalue weighted by atomic mass is 32.2. The predicted molar refractivity (Wildman–Crippen MR) is 112 cm³/mol. The van der Waals surface area contributed by atoms with E-state index in [0.717, 1.165) is 30.6 Å². The highest BCUT2D eigenvalue weighted by Gasteiger charge is 2.27. The number of ether oxygens (including phenoxy) is 1. The zero-order valence-corrected chi connectivity index (χ0v) is 17.6. The minimum absolute atomic E-state index is 0.153. The van der Waals surface area contributed by atoms with Crippen molar-refractivity contribution < 1.29 is 17.9 Å². The number of nitrogens with one attached hydrogen (secondary N) is 1. The number of carbonyl (C=O) groups excluding carboxylic acids is 1. The lowest BCUT2D eigenvalue weighted by Gasteiger charge is -2.26. The number of nitrogens with zero attached hydrogens (tertiary/aromatic N) is 1. The van der Waals surface area contributed by atoms with Gasteiger partial charge in [0.25, 0.3) is 0 Å². The molecule has 2 aromatic rings. The van der Waals surface area contributed by atoms with Gasteiger partial charge in [-0.15, -0.1) is 0 Å². The molecule has 0 unspecified atom stereocenters. The van der Waals surface area contributed by atoms with Crippen LogP contribution in [0.4, 0.5) is 0 Å². The SMILES string of the molecule is CCOc1ccc(CC(=O)NCc2ccccc2S(=O)(=O)N2CCCCC2)cc1. The molecule has 0 saturated carbocycles. The molecule has 1 N–H and O–H groups in total. The molecule has 1 fully saturated rings. The van der Waals surface area contributed by atoms with E-state index in [0.29, 0.717) is 25.3 Å². The van der Waals surface area contributed by atoms with Crippen LogP contribution >= 0.6 is 0 Å². The monoisotopic (exact) mass is 416 g/mol. The lowest BCUT2D eigenvalue weighted by Crippen LogP contribution is -2.36. The molecule has 1 heterocycles. The summed E-state index contributed by atoms with van der Waals surface area (Å²) in [6.07, 6.45) is 3.07. The second kappa shape index (κ2) is 9.89. The Morgan fingerprint density at radius 2 is 1.72 bits per heavy atom. The van der Waals surface area contributed by atoms with E-state index in [1.807, 2.05) is 31.2 Å². The van der Waals surface area contributed by atoms with E-state index < -0.39 is 10.0 Å². The highest BCUT2D eigenvalue weighted by Crippen LogP contribution is 2.23. The van der Waals surface area contributed by atoms with Crippen molar-refractivity contribution in [2.75, 3.05) is 19.7 Å². The van der Waals surface area contributed by atoms with Gasteiger partial charge < -0.3 is 10.1 Å². The summed E-state index contributed by atoms with van der Waals surface area (Å²) in [4.78, 5) is 12.6. The number of carbonyl (C=O) groups is 1. The molecule has 0 aromatic heterocycles. The molecule has 1 amide bonds. The van der Waals surface area contributed by atoms with Crippen molar-refractivity contribution >= 4 is 15.9 Å². The molecule has 6 nitrogen and oxygen atoms in total. The van der Waals surface area contributed by atoms with E-state index in [-0.39, 0.29) is 23.8 Å². The third-order valence-electron chi connectivity index (χ3n) is 4.98. The summed E-state index contributed by atoms with van der Waals surface area (Å²) in [5.74, 6) is 0.618. The van der Waals surface area contributed by atoms with Crippen molar-refractivity contribution in [3.8, 4) is 5.75 Å². The van der Waals surface area contributed by atoms with Crippen LogP contribution in [-0.4, -0.2) is 38.3 Å². The molecule has 0 bridgehead atoms. The summed E-state index contributed by atoms with van der Waals surface area (Å²) < 4.78 is 33.0. The van der Waals surface area contributed by atoms with Gasteiger partial charge in [-0.25, -0.2) is 8.42 Å². The number of amides is 1. The zero-order chi connectivity index (χ0) is 20.7. The maximum atomic E-state index is 13.0. The van der Waals surface area contributed by atoms with E-state index in [1.165, 1.54) is 0 Å². The van der Waals surface area contributed by atoms with Crippen LogP contribution in [0.3, 0.4) is 0 Å². The standard InChI is InChI=1S/C22H28N2O4S/c1-2-28-20-12-10-18(11-13-20)16-22(25)23-17-19-8-4-5-9-21(19)29(26,27)24-14-6-3-7-15-24/h4-5,8-13H,2-3,6-7,14-17H2,1H3,(H,23,25). The van der Waals surface area contributed by atoms with E-state index >= 15 is 0 Å². The number of piperidine rings is 1. The molecule has 29 heavy (non-hydrogen) atoms. The Bertz CT molecular complexity index is 920. The lowest BCUT2D eigenvalue weighted by molar-refractivity contribution is -0.120. The Labute approximate surface area is 172 Å². The van der Waals surface area contributed by atoms with Crippen molar-refractivity contribution in [2.24, 2.45) is 0 Å². The summed E-state index contributed by atoms with van der Waals surface area (Å²) >= 11 is 0. The van der Waals surface area contributed by atoms with Gasteiger partial charge in [0.15, 0.2) is 0 Å². The predicted octanol–water partition coefficient (Wildman–Crippen LogP) is 3.12. The molecular formula is C22H28N2O4S. The van der Waals surface area contributed by atoms with E-state index in [4.69, 9.17) is 4.74 Å². The topological polar surface area (TPSA) is 75.7 Å². The summed E-state index contributed by atoms with van der Waals surface area (Å²) in [7, 11) is -3.54. The van der Waals surface area contributed by atoms with Gasteiger partial charge in [0.2, 0.25) is 15.9 Å². The van der Waals surface area contributed by atoms with E-state index in [9.17, 15) is 13.2 Å². The van der Waals surface area contributed by atoms with Gasteiger partial charge >= 0.3 is 0 Å². The van der Waals surface area contributed by atoms with Crippen LogP contribution in [0.5, 0.6) is 5.75 Å². The average Bonchev–Trinajstić information content (AvgIpc) is 2.75. The molecular weight excluding hydrogens is 388 g/mol. The molecule has 3 rings (SSSR count). The lowest BCUT2D eigenvalue weighted by atomic mass is 10.1. The second-order valence-corrected chi connectivity index (χ2v) is 9.01. The van der Waals surface area contributed by atoms with Crippen LogP contribution < -0.4 is 10.1 Å². The fourth-order valence-electron chi connectivity index (χ4n) is 3.46. The average molecular weight is 417 g/mol. The third kappa shape index (κ3) is 5.58. The minimum atomic E-state index is -3.54. The maximum absolute atomic E-state index is 13.0. The molecule has 7 heteroatoms. The van der Waals surface area contributed by atoms with Gasteiger partial charge in [-0.05, 0) is 49.1 Å². The van der Waals surface area contributed by atoms with Gasteiger partial charge in [-0.2, -0.15) is 4.31 Å². The first-order chi connectivity index (χ1) is 14.0. The normalized spacial score (nSPS) is 15.1. The first kappa shape index (κ1) is 21.3. The summed E-state index contributed by atoms with van der Waals surface area (Å²) in [5.41, 5.74) is 1.48. The first-order valence-electron chi connectivity index (χ1n) is 10.1. The van der Waals surface area contributed by atoms with Gasteiger partial charge in [-0.3, -0.25) is 4.79 Å². The number of sulfonamides is 1. The molecule has 0 radical (unpaired) electrons. The van der Waals surface area contributed by atoms with Gasteiger partial charge in [0.05, 0.1) is 17.9 Å². The van der Waals surface area contributed by atoms with Crippen LogP contribution in [0.2, 0.25) is 0 Å². The minimum Gasteiger partial charge on any atom is -0.494 e. The molecule has 1 aliphatic rings. The number of hydrogen-bond donors (Lipinski definition) is 1. The third-order valence-corrected chi connectivity index (χ3v) is 6.98. The smallest absolute Gasteiger partial charge is 0.243 e. The van der Waals surface area contributed by atoms with Crippen molar-refractivity contribution in [2.45, 2.75) is 44.0 Å². The quantitative estimate of drug-likeness (QED) is 0.717. The highest BCUT2D eigenvalue weighted by molar-refractivity contribution is 7.89. The van der Waals surface area contributed by atoms with Crippen molar-refractivity contribution in [3.63, 3.8) is 0 Å². The Balaban J connectivity index is 1.64. The van der Waals surface area contributed by atoms with E-state index in [2.05, 4.69) is 5.32 Å². The largest absolute Gasteiger partial charge is 0.494 e. The number of hydrogen-bond acceptors (Lipinski definition) is 4. The number of rotatable bonds is 8. The molecule has 1 aliphatic heterocycles. The van der Waals surface area contributed by atoms with Crippen molar-refractivity contribution in [1.29, 1.82) is 0 Å². The van der Waals surface area contributed by atoms with Crippen molar-refractivity contribution in [1.82, 2.24) is 9.62 Å². The van der Waals surface area contributed by atoms with E-state index in [1.54, 1.807) is 28.6 Å². The zero-order valence-electron chi connectivity index (χ0n) is 16.8. The Hall–Kier alpha value is -2.38. The fraction of sp³-hybridized carbons (Fsp3) is 0.409. The number of benzene rings is 2. The van der Waals surface area contributed by atoms with Gasteiger partial charge in [0.1, 0.15) is 5.75 Å². The second-order valence-electron chi connectivity index (χ2n) is 7.10. The molecule has 0 aliphatic carbocycles. The van der Waals surface area contributed by atoms with Crippen LogP contribution in [0.15, 0.2) is 53.4 Å². The Kier molecular flexibility index (Phi) is 7.28. The first-order valence-corrected chi connectivity index (χ1v) is 11.5. The fourth-order valence-corrected chi connectivity index (χ4v) is 5.20. The Morgan fingerprint density at radius 1 is 1.03 bits per heavy atom. The Morgan fingerprint density at radius 3 is 2.41 bits per heavy atom. The van der Waals surface area contributed by atoms with Gasteiger partial charge in [-0.1, -0.05) is 36.8 Å². The molecule has 1 saturated heterocycles. The van der Waals surface area contributed by atoms with Crippen LogP contribution in [-0.2, 0) is 27.8 Å². The molecule has 156 valence electrons. The summed E-state index contributed by atoms with van der Waals surface area (Å²) in [6, 6.07) is 14.3. The van der Waals surface area contributed by atoms with Crippen molar-refractivity contribution in [3.05, 3.63) is 59.7 Å². The van der Waals surface area contributed by atoms with Crippen LogP contribution in [0.1, 0.15) is 37.3 Å². The van der Waals surface area contributed by atoms with Gasteiger partial charge in [0, 0.05) is 19.6 Å². The molecule has 2 aromatic carbocycles. The van der Waals surface area contributed by atoms with Crippen LogP contribution in [0, 0.1) is 0 Å². The maximum Gasteiger partial charge on any atom is 0.243 e. The van der Waals surface area contributed by atoms with Crippen LogP contribution in [0.25, 0.3) is 0 Å². The molecule has 0 atom stereocenters. The molecule has 0 spiro atoms. The summed E-state index contributed by atoms with van der Waals surface area (Å²) in [6.45, 7) is 3.81.